The summed E-state index contributed by atoms with van der Waals surface area (Å²) in [6, 6.07) is 9.61. The van der Waals surface area contributed by atoms with Crippen molar-refractivity contribution in [1.82, 2.24) is 9.80 Å². The second-order valence-corrected chi connectivity index (χ2v) is 6.97. The molecule has 28 heavy (non-hydrogen) atoms. The Morgan fingerprint density at radius 1 is 0.929 bits per heavy atom. The number of carbonyl (C=O) groups is 2. The number of piperazine rings is 1. The van der Waals surface area contributed by atoms with Gasteiger partial charge in [-0.3, -0.25) is 9.59 Å². The summed E-state index contributed by atoms with van der Waals surface area (Å²) in [6.07, 6.45) is 0. The molecule has 0 radical (unpaired) electrons. The van der Waals surface area contributed by atoms with Crippen molar-refractivity contribution in [3.8, 4) is 17.2 Å². The highest BCUT2D eigenvalue weighted by molar-refractivity contribution is 5.95. The van der Waals surface area contributed by atoms with Gasteiger partial charge in [-0.05, 0) is 37.6 Å². The van der Waals surface area contributed by atoms with E-state index in [2.05, 4.69) is 0 Å². The highest BCUT2D eigenvalue weighted by Crippen LogP contribution is 2.22. The van der Waals surface area contributed by atoms with Crippen LogP contribution in [0.5, 0.6) is 17.2 Å². The Balaban J connectivity index is 1.53. The molecule has 1 aliphatic heterocycles. The van der Waals surface area contributed by atoms with Crippen molar-refractivity contribution in [2.75, 3.05) is 32.8 Å². The maximum absolute atomic E-state index is 12.5. The molecule has 1 fully saturated rings. The molecule has 1 saturated heterocycles. The van der Waals surface area contributed by atoms with Gasteiger partial charge in [-0.1, -0.05) is 17.7 Å². The summed E-state index contributed by atoms with van der Waals surface area (Å²) in [4.78, 5) is 28.2. The lowest BCUT2D eigenvalue weighted by atomic mass is 10.1. The molecule has 7 nitrogen and oxygen atoms in total. The molecular weight excluding hydrogens is 360 g/mol. The van der Waals surface area contributed by atoms with Crippen molar-refractivity contribution in [2.45, 2.75) is 13.8 Å². The lowest BCUT2D eigenvalue weighted by molar-refractivity contribution is -0.134. The zero-order valence-electron chi connectivity index (χ0n) is 16.0. The number of phenols is 2. The zero-order chi connectivity index (χ0) is 20.3. The van der Waals surface area contributed by atoms with E-state index in [4.69, 9.17) is 4.74 Å². The maximum atomic E-state index is 12.5. The summed E-state index contributed by atoms with van der Waals surface area (Å²) < 4.78 is 5.65. The first-order valence-corrected chi connectivity index (χ1v) is 9.13. The molecule has 0 saturated carbocycles. The lowest BCUT2D eigenvalue weighted by Crippen LogP contribution is -2.51. The molecule has 0 bridgehead atoms. The third-order valence-corrected chi connectivity index (χ3v) is 4.75. The van der Waals surface area contributed by atoms with Gasteiger partial charge in [0, 0.05) is 37.8 Å². The van der Waals surface area contributed by atoms with E-state index in [9.17, 15) is 19.8 Å². The third kappa shape index (κ3) is 4.54. The number of nitrogens with zero attached hydrogens (tertiary/aromatic N) is 2. The van der Waals surface area contributed by atoms with Crippen LogP contribution >= 0.6 is 0 Å². The molecular formula is C21H24N2O5. The number of amides is 2. The molecule has 1 heterocycles. The van der Waals surface area contributed by atoms with E-state index < -0.39 is 0 Å². The topological polar surface area (TPSA) is 90.3 Å². The summed E-state index contributed by atoms with van der Waals surface area (Å²) in [5, 5.41) is 19.1. The van der Waals surface area contributed by atoms with Crippen LogP contribution in [0.25, 0.3) is 0 Å². The fraction of sp³-hybridized carbons (Fsp3) is 0.333. The predicted molar refractivity (Wildman–Crippen MR) is 104 cm³/mol. The molecule has 3 rings (SSSR count). The molecule has 2 N–H and O–H groups in total. The second kappa shape index (κ2) is 8.21. The smallest absolute Gasteiger partial charge is 0.260 e. The number of hydrogen-bond donors (Lipinski definition) is 2. The van der Waals surface area contributed by atoms with Gasteiger partial charge >= 0.3 is 0 Å². The number of ether oxygens (including phenoxy) is 1. The fourth-order valence-electron chi connectivity index (χ4n) is 3.25. The van der Waals surface area contributed by atoms with E-state index in [-0.39, 0.29) is 35.5 Å². The van der Waals surface area contributed by atoms with Crippen LogP contribution in [0.15, 0.2) is 36.4 Å². The number of hydrogen-bond acceptors (Lipinski definition) is 5. The van der Waals surface area contributed by atoms with Gasteiger partial charge in [-0.2, -0.15) is 0 Å². The minimum Gasteiger partial charge on any atom is -0.508 e. The Kier molecular flexibility index (Phi) is 5.73. The number of aromatic hydroxyl groups is 2. The number of carbonyl (C=O) groups excluding carboxylic acids is 2. The van der Waals surface area contributed by atoms with Crippen molar-refractivity contribution in [3.05, 3.63) is 53.1 Å². The zero-order valence-corrected chi connectivity index (χ0v) is 16.0. The average Bonchev–Trinajstić information content (AvgIpc) is 2.66. The van der Waals surface area contributed by atoms with Crippen LogP contribution in [-0.4, -0.2) is 64.6 Å². The largest absolute Gasteiger partial charge is 0.508 e. The van der Waals surface area contributed by atoms with Crippen LogP contribution in [0.2, 0.25) is 0 Å². The van der Waals surface area contributed by atoms with E-state index in [1.165, 1.54) is 18.2 Å². The Hall–Kier alpha value is -3.22. The maximum Gasteiger partial charge on any atom is 0.260 e. The first-order valence-electron chi connectivity index (χ1n) is 9.13. The van der Waals surface area contributed by atoms with Gasteiger partial charge in [-0.15, -0.1) is 0 Å². The third-order valence-electron chi connectivity index (χ3n) is 4.75. The summed E-state index contributed by atoms with van der Waals surface area (Å²) in [5.41, 5.74) is 2.34. The van der Waals surface area contributed by atoms with Crippen molar-refractivity contribution < 1.29 is 24.5 Å². The van der Waals surface area contributed by atoms with E-state index >= 15 is 0 Å². The molecule has 0 unspecified atom stereocenters. The summed E-state index contributed by atoms with van der Waals surface area (Å²) in [5.74, 6) is -0.0511. The Labute approximate surface area is 163 Å². The molecule has 0 atom stereocenters. The molecule has 7 heteroatoms. The number of phenolic OH excluding ortho intramolecular Hbond substituents is 2. The van der Waals surface area contributed by atoms with Gasteiger partial charge in [-0.25, -0.2) is 0 Å². The van der Waals surface area contributed by atoms with E-state index in [1.54, 1.807) is 9.80 Å². The SMILES string of the molecule is Cc1ccc(OCC(=O)N2CCN(C(=O)c3cc(O)cc(O)c3)CC2)c(C)c1. The standard InChI is InChI=1S/C21H24N2O5/c1-14-3-4-19(15(2)9-14)28-13-20(26)22-5-7-23(8-6-22)21(27)16-10-17(24)12-18(25)11-16/h3-4,9-12,24-25H,5-8,13H2,1-2H3. The summed E-state index contributed by atoms with van der Waals surface area (Å²) in [6.45, 7) is 5.47. The van der Waals surface area contributed by atoms with Crippen LogP contribution < -0.4 is 4.74 Å². The first-order chi connectivity index (χ1) is 13.3. The van der Waals surface area contributed by atoms with Crippen molar-refractivity contribution in [1.29, 1.82) is 0 Å². The Bertz CT molecular complexity index is 868. The van der Waals surface area contributed by atoms with Crippen LogP contribution in [0.4, 0.5) is 0 Å². The lowest BCUT2D eigenvalue weighted by Gasteiger charge is -2.34. The summed E-state index contributed by atoms with van der Waals surface area (Å²) >= 11 is 0. The monoisotopic (exact) mass is 384 g/mol. The second-order valence-electron chi connectivity index (χ2n) is 6.97. The van der Waals surface area contributed by atoms with Crippen molar-refractivity contribution in [2.24, 2.45) is 0 Å². The molecule has 148 valence electrons. The Morgan fingerprint density at radius 2 is 1.54 bits per heavy atom. The van der Waals surface area contributed by atoms with Gasteiger partial charge < -0.3 is 24.7 Å². The molecule has 2 aromatic rings. The molecule has 0 aromatic heterocycles. The van der Waals surface area contributed by atoms with Crippen LogP contribution in [0.3, 0.4) is 0 Å². The minimum absolute atomic E-state index is 0.0434. The van der Waals surface area contributed by atoms with Crippen LogP contribution in [0.1, 0.15) is 21.5 Å². The normalized spacial score (nSPS) is 14.1. The van der Waals surface area contributed by atoms with Crippen LogP contribution in [0, 0.1) is 13.8 Å². The van der Waals surface area contributed by atoms with Gasteiger partial charge in [0.25, 0.3) is 11.8 Å². The van der Waals surface area contributed by atoms with E-state index in [0.29, 0.717) is 31.9 Å². The van der Waals surface area contributed by atoms with Crippen molar-refractivity contribution in [3.63, 3.8) is 0 Å². The van der Waals surface area contributed by atoms with Gasteiger partial charge in [0.2, 0.25) is 0 Å². The molecule has 2 amide bonds. The first kappa shape index (κ1) is 19.5. The average molecular weight is 384 g/mol. The molecule has 2 aromatic carbocycles. The van der Waals surface area contributed by atoms with E-state index in [1.807, 2.05) is 32.0 Å². The van der Waals surface area contributed by atoms with Crippen molar-refractivity contribution >= 4 is 11.8 Å². The van der Waals surface area contributed by atoms with E-state index in [0.717, 1.165) is 11.1 Å². The minimum atomic E-state index is -0.287. The highest BCUT2D eigenvalue weighted by Gasteiger charge is 2.25. The van der Waals surface area contributed by atoms with Gasteiger partial charge in [0.05, 0.1) is 0 Å². The molecule has 0 spiro atoms. The van der Waals surface area contributed by atoms with Gasteiger partial charge in [0.15, 0.2) is 6.61 Å². The number of rotatable bonds is 4. The van der Waals surface area contributed by atoms with Gasteiger partial charge in [0.1, 0.15) is 17.2 Å². The highest BCUT2D eigenvalue weighted by atomic mass is 16.5. The summed E-state index contributed by atoms with van der Waals surface area (Å²) in [7, 11) is 0. The predicted octanol–water partition coefficient (Wildman–Crippen LogP) is 2.08. The molecule has 1 aliphatic rings. The van der Waals surface area contributed by atoms with Crippen LogP contribution in [-0.2, 0) is 4.79 Å². The Morgan fingerprint density at radius 3 is 2.14 bits per heavy atom. The molecule has 0 aliphatic carbocycles. The number of aryl methyl sites for hydroxylation is 2. The number of benzene rings is 2. The fourth-order valence-corrected chi connectivity index (χ4v) is 3.25. The quantitative estimate of drug-likeness (QED) is 0.842.